The number of aromatic nitrogens is 3. The molecule has 2 aliphatic carbocycles. The number of rotatable bonds is 8. The third-order valence-corrected chi connectivity index (χ3v) is 8.43. The van der Waals surface area contributed by atoms with Gasteiger partial charge in [0.15, 0.2) is 0 Å². The van der Waals surface area contributed by atoms with Crippen molar-refractivity contribution in [3.05, 3.63) is 112 Å². The molecule has 3 heterocycles. The normalized spacial score (nSPS) is 20.4. The molecule has 3 atom stereocenters. The Kier molecular flexibility index (Phi) is 6.74. The van der Waals surface area contributed by atoms with E-state index in [0.29, 0.717) is 22.5 Å². The zero-order valence-corrected chi connectivity index (χ0v) is 23.0. The van der Waals surface area contributed by atoms with Crippen molar-refractivity contribution in [2.45, 2.75) is 43.7 Å². The van der Waals surface area contributed by atoms with Crippen molar-refractivity contribution in [3.8, 4) is 0 Å². The smallest absolute Gasteiger partial charge is 0.293 e. The number of alkyl halides is 4. The fraction of sp³-hybridized carbons (Fsp3) is 0.281. The standard InChI is InChI=1S/C32H25F6N5O/c33-17-10-16(11-18(34)13-17)12-25(28-21(6-3-9-40-28)19-4-1-7-24-20(19)5-2-8-39-24)41-26(44)15-43-30-27(29(42-43)31(35)36)22-14-23(22)32(30,37)38/h1-8,10-11,13,22-23,25,31,40H,9,12,14-15H2,(H,41,44)/t22?,23?,25-/m0/s1. The molecule has 6 nitrogen and oxygen atoms in total. The van der Waals surface area contributed by atoms with Gasteiger partial charge in [0.2, 0.25) is 5.91 Å². The Morgan fingerprint density at radius 2 is 1.91 bits per heavy atom. The fourth-order valence-electron chi connectivity index (χ4n) is 6.56. The van der Waals surface area contributed by atoms with Gasteiger partial charge in [0.25, 0.3) is 12.3 Å². The molecule has 4 aromatic rings. The Labute approximate surface area is 247 Å². The lowest BCUT2D eigenvalue weighted by atomic mass is 9.91. The van der Waals surface area contributed by atoms with Crippen LogP contribution < -0.4 is 10.6 Å². The first-order valence-corrected chi connectivity index (χ1v) is 14.1. The highest BCUT2D eigenvalue weighted by atomic mass is 19.3. The van der Waals surface area contributed by atoms with Crippen LogP contribution in [0.4, 0.5) is 26.3 Å². The largest absolute Gasteiger partial charge is 0.383 e. The summed E-state index contributed by atoms with van der Waals surface area (Å²) in [6.45, 7) is -0.361. The van der Waals surface area contributed by atoms with Crippen LogP contribution in [0.3, 0.4) is 0 Å². The summed E-state index contributed by atoms with van der Waals surface area (Å²) < 4.78 is 86.8. The van der Waals surface area contributed by atoms with E-state index < -0.39 is 65.7 Å². The van der Waals surface area contributed by atoms with Gasteiger partial charge in [0.1, 0.15) is 29.6 Å². The Hall–Kier alpha value is -4.61. The number of dihydropyridines is 1. The van der Waals surface area contributed by atoms with E-state index >= 15 is 8.78 Å². The molecule has 1 aliphatic heterocycles. The van der Waals surface area contributed by atoms with E-state index in [4.69, 9.17) is 0 Å². The molecule has 2 aromatic carbocycles. The Bertz CT molecular complexity index is 1840. The number of allylic oxidation sites excluding steroid dienone is 2. The molecule has 226 valence electrons. The van der Waals surface area contributed by atoms with Gasteiger partial charge in [-0.1, -0.05) is 30.4 Å². The monoisotopic (exact) mass is 609 g/mol. The van der Waals surface area contributed by atoms with Gasteiger partial charge in [-0.3, -0.25) is 14.5 Å². The van der Waals surface area contributed by atoms with Gasteiger partial charge >= 0.3 is 0 Å². The van der Waals surface area contributed by atoms with Crippen molar-refractivity contribution >= 4 is 22.4 Å². The molecule has 0 bridgehead atoms. The van der Waals surface area contributed by atoms with Crippen LogP contribution in [0.2, 0.25) is 0 Å². The van der Waals surface area contributed by atoms with Gasteiger partial charge in [-0.2, -0.15) is 13.9 Å². The van der Waals surface area contributed by atoms with E-state index in [-0.39, 0.29) is 24.0 Å². The molecule has 2 N–H and O–H groups in total. The van der Waals surface area contributed by atoms with E-state index in [1.807, 2.05) is 36.4 Å². The molecule has 0 spiro atoms. The van der Waals surface area contributed by atoms with Crippen LogP contribution >= 0.6 is 0 Å². The SMILES string of the molecule is O=C(Cn1nc(C(F)F)c2c1C(F)(F)C1CC21)N[C@@H](Cc1cc(F)cc(F)c1)C1=C(c2cccc3ncccc23)C=CCN1. The highest BCUT2D eigenvalue weighted by Gasteiger charge is 2.67. The van der Waals surface area contributed by atoms with Crippen LogP contribution in [-0.2, 0) is 23.7 Å². The minimum absolute atomic E-state index is 0.0666. The first-order valence-electron chi connectivity index (χ1n) is 14.1. The average Bonchev–Trinajstić information content (AvgIpc) is 3.64. The molecule has 12 heteroatoms. The first kappa shape index (κ1) is 28.2. The number of carbonyl (C=O) groups excluding carboxylic acids is 1. The van der Waals surface area contributed by atoms with Crippen LogP contribution in [-0.4, -0.2) is 33.3 Å². The minimum atomic E-state index is -3.38. The lowest BCUT2D eigenvalue weighted by Crippen LogP contribution is -2.44. The lowest BCUT2D eigenvalue weighted by Gasteiger charge is -2.28. The zero-order valence-electron chi connectivity index (χ0n) is 23.0. The molecule has 2 aromatic heterocycles. The zero-order chi connectivity index (χ0) is 30.7. The summed E-state index contributed by atoms with van der Waals surface area (Å²) in [4.78, 5) is 17.9. The van der Waals surface area contributed by atoms with E-state index in [0.717, 1.165) is 34.7 Å². The Balaban J connectivity index is 1.27. The molecular formula is C32H25F6N5O. The number of nitrogens with one attached hydrogen (secondary N) is 2. The van der Waals surface area contributed by atoms with Gasteiger partial charge < -0.3 is 10.6 Å². The molecular weight excluding hydrogens is 584 g/mol. The second-order valence-electron chi connectivity index (χ2n) is 11.3. The molecule has 3 aliphatic rings. The molecule has 1 amide bonds. The van der Waals surface area contributed by atoms with Gasteiger partial charge in [0.05, 0.1) is 11.6 Å². The van der Waals surface area contributed by atoms with Crippen molar-refractivity contribution in [2.24, 2.45) is 5.92 Å². The topological polar surface area (TPSA) is 71.8 Å². The van der Waals surface area contributed by atoms with Crippen LogP contribution in [0, 0.1) is 17.6 Å². The molecule has 0 radical (unpaired) electrons. The highest BCUT2D eigenvalue weighted by molar-refractivity contribution is 5.95. The number of carbonyl (C=O) groups is 1. The summed E-state index contributed by atoms with van der Waals surface area (Å²) in [7, 11) is 0. The van der Waals surface area contributed by atoms with Crippen LogP contribution in [0.25, 0.3) is 16.5 Å². The number of amides is 1. The highest BCUT2D eigenvalue weighted by Crippen LogP contribution is 2.68. The fourth-order valence-corrected chi connectivity index (χ4v) is 6.56. The summed E-state index contributed by atoms with van der Waals surface area (Å²) in [6, 6.07) is 11.3. The van der Waals surface area contributed by atoms with Crippen molar-refractivity contribution < 1.29 is 31.1 Å². The summed E-state index contributed by atoms with van der Waals surface area (Å²) in [6.07, 6.45) is 2.37. The first-order chi connectivity index (χ1) is 21.1. The van der Waals surface area contributed by atoms with E-state index in [2.05, 4.69) is 20.7 Å². The molecule has 1 fully saturated rings. The van der Waals surface area contributed by atoms with Crippen molar-refractivity contribution in [1.82, 2.24) is 25.4 Å². The molecule has 7 rings (SSSR count). The molecule has 1 saturated carbocycles. The number of fused-ring (bicyclic) bond motifs is 4. The number of hydrogen-bond acceptors (Lipinski definition) is 4. The predicted octanol–water partition coefficient (Wildman–Crippen LogP) is 6.15. The molecule has 2 unspecified atom stereocenters. The number of nitrogens with zero attached hydrogens (tertiary/aromatic N) is 3. The van der Waals surface area contributed by atoms with Gasteiger partial charge in [-0.05, 0) is 54.2 Å². The van der Waals surface area contributed by atoms with Crippen molar-refractivity contribution in [1.29, 1.82) is 0 Å². The maximum absolute atomic E-state index is 15.1. The summed E-state index contributed by atoms with van der Waals surface area (Å²) >= 11 is 0. The molecule has 0 saturated heterocycles. The second kappa shape index (κ2) is 10.5. The van der Waals surface area contributed by atoms with Gasteiger partial charge in [-0.25, -0.2) is 17.6 Å². The van der Waals surface area contributed by atoms with E-state index in [1.54, 1.807) is 12.3 Å². The van der Waals surface area contributed by atoms with Crippen molar-refractivity contribution in [2.75, 3.05) is 6.54 Å². The minimum Gasteiger partial charge on any atom is -0.383 e. The van der Waals surface area contributed by atoms with Crippen LogP contribution in [0.5, 0.6) is 0 Å². The third kappa shape index (κ3) is 4.82. The van der Waals surface area contributed by atoms with E-state index in [1.165, 1.54) is 0 Å². The summed E-state index contributed by atoms with van der Waals surface area (Å²) in [5.74, 6) is -7.53. The quantitative estimate of drug-likeness (QED) is 0.235. The number of benzene rings is 2. The maximum atomic E-state index is 15.1. The Morgan fingerprint density at radius 3 is 2.68 bits per heavy atom. The van der Waals surface area contributed by atoms with Crippen molar-refractivity contribution in [3.63, 3.8) is 0 Å². The van der Waals surface area contributed by atoms with Gasteiger partial charge in [-0.15, -0.1) is 0 Å². The molecule has 44 heavy (non-hydrogen) atoms. The average molecular weight is 610 g/mol. The summed E-state index contributed by atoms with van der Waals surface area (Å²) in [5, 5.41) is 10.6. The van der Waals surface area contributed by atoms with Gasteiger partial charge in [0, 0.05) is 46.9 Å². The predicted molar refractivity (Wildman–Crippen MR) is 150 cm³/mol. The Morgan fingerprint density at radius 1 is 1.11 bits per heavy atom. The summed E-state index contributed by atoms with van der Waals surface area (Å²) in [5.41, 5.74) is 1.42. The lowest BCUT2D eigenvalue weighted by molar-refractivity contribution is -0.122. The maximum Gasteiger partial charge on any atom is 0.293 e. The number of pyridine rings is 1. The van der Waals surface area contributed by atoms with Crippen LogP contribution in [0.1, 0.15) is 46.8 Å². The van der Waals surface area contributed by atoms with Crippen LogP contribution in [0.15, 0.2) is 72.6 Å². The second-order valence-corrected chi connectivity index (χ2v) is 11.3. The third-order valence-electron chi connectivity index (χ3n) is 8.43. The number of hydrogen-bond donors (Lipinski definition) is 2. The van der Waals surface area contributed by atoms with E-state index in [9.17, 15) is 22.4 Å². The number of halogens is 6.